The summed E-state index contributed by atoms with van der Waals surface area (Å²) in [5, 5.41) is 0.789. The fraction of sp³-hybridized carbons (Fsp3) is 0.143. The summed E-state index contributed by atoms with van der Waals surface area (Å²) in [5.74, 6) is -0.876. The average molecular weight is 402 g/mol. The van der Waals surface area contributed by atoms with Gasteiger partial charge >= 0.3 is 5.97 Å². The molecule has 0 aromatic heterocycles. The maximum Gasteiger partial charge on any atom is 0.340 e. The summed E-state index contributed by atoms with van der Waals surface area (Å²) in [6, 6.07) is 14.6. The van der Waals surface area contributed by atoms with Crippen LogP contribution in [0.4, 0.5) is 0 Å². The standard InChI is InChI=1S/C21H17Cl2NO3/c1-13-19(21(26)27-2)16(11-15-17(22)9-6-10-18(15)23)20(25)24(13)12-14-7-4-3-5-8-14/h3-11H,12H2,1-2H3. The molecule has 0 saturated heterocycles. The lowest BCUT2D eigenvalue weighted by Gasteiger charge is -2.17. The van der Waals surface area contributed by atoms with Crippen LogP contribution in [0.2, 0.25) is 10.0 Å². The molecule has 0 spiro atoms. The molecule has 3 rings (SSSR count). The second-order valence-corrected chi connectivity index (χ2v) is 6.84. The molecule has 0 unspecified atom stereocenters. The number of benzene rings is 2. The highest BCUT2D eigenvalue weighted by molar-refractivity contribution is 6.37. The second kappa shape index (κ2) is 7.99. The molecule has 0 bridgehead atoms. The van der Waals surface area contributed by atoms with Gasteiger partial charge in [0.15, 0.2) is 0 Å². The topological polar surface area (TPSA) is 46.6 Å². The van der Waals surface area contributed by atoms with Crippen LogP contribution < -0.4 is 0 Å². The number of rotatable bonds is 4. The van der Waals surface area contributed by atoms with Crippen LogP contribution in [0.15, 0.2) is 65.4 Å². The second-order valence-electron chi connectivity index (χ2n) is 6.02. The van der Waals surface area contributed by atoms with Crippen molar-refractivity contribution in [3.05, 3.63) is 86.5 Å². The van der Waals surface area contributed by atoms with Gasteiger partial charge in [0, 0.05) is 21.3 Å². The summed E-state index contributed by atoms with van der Waals surface area (Å²) in [6.45, 7) is 2.07. The van der Waals surface area contributed by atoms with Crippen molar-refractivity contribution >= 4 is 41.2 Å². The van der Waals surface area contributed by atoms with Gasteiger partial charge in [0.2, 0.25) is 0 Å². The summed E-state index contributed by atoms with van der Waals surface area (Å²) in [4.78, 5) is 27.0. The van der Waals surface area contributed by atoms with Gasteiger partial charge in [0.05, 0.1) is 24.8 Å². The van der Waals surface area contributed by atoms with E-state index in [-0.39, 0.29) is 17.1 Å². The lowest BCUT2D eigenvalue weighted by Crippen LogP contribution is -2.24. The van der Waals surface area contributed by atoms with E-state index < -0.39 is 5.97 Å². The molecule has 0 N–H and O–H groups in total. The fourth-order valence-electron chi connectivity index (χ4n) is 2.98. The molecule has 1 heterocycles. The molecule has 0 atom stereocenters. The quantitative estimate of drug-likeness (QED) is 0.542. The van der Waals surface area contributed by atoms with Crippen molar-refractivity contribution in [3.63, 3.8) is 0 Å². The van der Waals surface area contributed by atoms with Crippen molar-refractivity contribution < 1.29 is 14.3 Å². The lowest BCUT2D eigenvalue weighted by atomic mass is 10.0. The van der Waals surface area contributed by atoms with Crippen molar-refractivity contribution in [1.29, 1.82) is 0 Å². The van der Waals surface area contributed by atoms with E-state index in [2.05, 4.69) is 0 Å². The van der Waals surface area contributed by atoms with Gasteiger partial charge in [-0.05, 0) is 30.7 Å². The van der Waals surface area contributed by atoms with Crippen LogP contribution in [0, 0.1) is 0 Å². The van der Waals surface area contributed by atoms with Crippen LogP contribution in [-0.4, -0.2) is 23.9 Å². The Hall–Kier alpha value is -2.56. The van der Waals surface area contributed by atoms with Crippen molar-refractivity contribution in [2.75, 3.05) is 7.11 Å². The fourth-order valence-corrected chi connectivity index (χ4v) is 3.48. The van der Waals surface area contributed by atoms with Gasteiger partial charge in [0.25, 0.3) is 5.91 Å². The average Bonchev–Trinajstić information content (AvgIpc) is 2.89. The number of hydrogen-bond donors (Lipinski definition) is 0. The molecule has 0 saturated carbocycles. The lowest BCUT2D eigenvalue weighted by molar-refractivity contribution is -0.136. The molecule has 0 fully saturated rings. The molecule has 138 valence electrons. The minimum atomic E-state index is -0.578. The Morgan fingerprint density at radius 1 is 1.07 bits per heavy atom. The summed E-state index contributed by atoms with van der Waals surface area (Å²) >= 11 is 12.5. The largest absolute Gasteiger partial charge is 0.465 e. The van der Waals surface area contributed by atoms with E-state index in [1.54, 1.807) is 36.1 Å². The third-order valence-electron chi connectivity index (χ3n) is 4.37. The predicted molar refractivity (Wildman–Crippen MR) is 106 cm³/mol. The van der Waals surface area contributed by atoms with Crippen LogP contribution in [0.5, 0.6) is 0 Å². The number of amides is 1. The highest BCUT2D eigenvalue weighted by atomic mass is 35.5. The zero-order valence-corrected chi connectivity index (χ0v) is 16.3. The maximum atomic E-state index is 13.1. The number of ether oxygens (including phenoxy) is 1. The molecule has 2 aromatic rings. The summed E-state index contributed by atoms with van der Waals surface area (Å²) < 4.78 is 4.90. The number of methoxy groups -OCH3 is 1. The van der Waals surface area contributed by atoms with Crippen LogP contribution in [0.3, 0.4) is 0 Å². The van der Waals surface area contributed by atoms with Crippen LogP contribution in [0.25, 0.3) is 6.08 Å². The van der Waals surface area contributed by atoms with E-state index >= 15 is 0 Å². The Kier molecular flexibility index (Phi) is 5.68. The monoisotopic (exact) mass is 401 g/mol. The molecule has 0 aliphatic carbocycles. The van der Waals surface area contributed by atoms with E-state index in [1.807, 2.05) is 30.3 Å². The first-order chi connectivity index (χ1) is 12.9. The number of carbonyl (C=O) groups is 2. The zero-order chi connectivity index (χ0) is 19.6. The number of nitrogens with zero attached hydrogens (tertiary/aromatic N) is 1. The summed E-state index contributed by atoms with van der Waals surface area (Å²) in [6.07, 6.45) is 1.55. The van der Waals surface area contributed by atoms with E-state index in [0.717, 1.165) is 5.56 Å². The minimum Gasteiger partial charge on any atom is -0.465 e. The Bertz CT molecular complexity index is 944. The molecule has 1 aliphatic heterocycles. The first-order valence-corrected chi connectivity index (χ1v) is 9.00. The minimum absolute atomic E-state index is 0.213. The third-order valence-corrected chi connectivity index (χ3v) is 5.03. The molecule has 4 nitrogen and oxygen atoms in total. The predicted octanol–water partition coefficient (Wildman–Crippen LogP) is 4.87. The Morgan fingerprint density at radius 3 is 2.30 bits per heavy atom. The van der Waals surface area contributed by atoms with Gasteiger partial charge < -0.3 is 9.64 Å². The van der Waals surface area contributed by atoms with Crippen LogP contribution in [0.1, 0.15) is 18.1 Å². The number of esters is 1. The van der Waals surface area contributed by atoms with E-state index in [0.29, 0.717) is 27.9 Å². The SMILES string of the molecule is COC(=O)C1=C(C)N(Cc2ccccc2)C(=O)C1=Cc1c(Cl)cccc1Cl. The van der Waals surface area contributed by atoms with Crippen molar-refractivity contribution in [1.82, 2.24) is 4.90 Å². The molecule has 27 heavy (non-hydrogen) atoms. The van der Waals surface area contributed by atoms with E-state index in [1.165, 1.54) is 7.11 Å². The van der Waals surface area contributed by atoms with Gasteiger partial charge in [-0.1, -0.05) is 59.6 Å². The highest BCUT2D eigenvalue weighted by Crippen LogP contribution is 2.35. The maximum absolute atomic E-state index is 13.1. The van der Waals surface area contributed by atoms with Gasteiger partial charge in [-0.15, -0.1) is 0 Å². The van der Waals surface area contributed by atoms with Gasteiger partial charge in [-0.2, -0.15) is 0 Å². The van der Waals surface area contributed by atoms with Gasteiger partial charge in [-0.3, -0.25) is 4.79 Å². The molecule has 2 aromatic carbocycles. The molecule has 1 aliphatic rings. The number of halogens is 2. The van der Waals surface area contributed by atoms with Crippen LogP contribution >= 0.6 is 23.2 Å². The van der Waals surface area contributed by atoms with Crippen molar-refractivity contribution in [3.8, 4) is 0 Å². The number of hydrogen-bond acceptors (Lipinski definition) is 3. The number of carbonyl (C=O) groups excluding carboxylic acids is 2. The Labute approximate surface area is 167 Å². The third kappa shape index (κ3) is 3.77. The van der Waals surface area contributed by atoms with Gasteiger partial charge in [0.1, 0.15) is 0 Å². The number of allylic oxidation sites excluding steroid dienone is 1. The van der Waals surface area contributed by atoms with Crippen molar-refractivity contribution in [2.45, 2.75) is 13.5 Å². The molecule has 6 heteroatoms. The normalized spacial score (nSPS) is 15.6. The summed E-state index contributed by atoms with van der Waals surface area (Å²) in [7, 11) is 1.28. The molecule has 1 amide bonds. The molecular weight excluding hydrogens is 385 g/mol. The smallest absolute Gasteiger partial charge is 0.340 e. The Balaban J connectivity index is 2.09. The van der Waals surface area contributed by atoms with E-state index in [9.17, 15) is 9.59 Å². The van der Waals surface area contributed by atoms with Crippen LogP contribution in [-0.2, 0) is 20.9 Å². The first kappa shape index (κ1) is 19.2. The summed E-state index contributed by atoms with van der Waals surface area (Å²) in [5.41, 5.74) is 2.40. The molecule has 0 radical (unpaired) electrons. The van der Waals surface area contributed by atoms with Crippen molar-refractivity contribution in [2.24, 2.45) is 0 Å². The first-order valence-electron chi connectivity index (χ1n) is 8.25. The Morgan fingerprint density at radius 2 is 1.70 bits per heavy atom. The van der Waals surface area contributed by atoms with Gasteiger partial charge in [-0.25, -0.2) is 4.79 Å². The highest BCUT2D eigenvalue weighted by Gasteiger charge is 2.37. The molecular formula is C21H17Cl2NO3. The van der Waals surface area contributed by atoms with E-state index in [4.69, 9.17) is 27.9 Å². The zero-order valence-electron chi connectivity index (χ0n) is 14.8.